The summed E-state index contributed by atoms with van der Waals surface area (Å²) >= 11 is 5.82. The fourth-order valence-electron chi connectivity index (χ4n) is 1.52. The van der Waals surface area contributed by atoms with E-state index in [0.29, 0.717) is 5.56 Å². The first-order valence-electron chi connectivity index (χ1n) is 5.97. The number of hydrogen-bond acceptors (Lipinski definition) is 4. The SMILES string of the molecule is Cn1ncc(N/N=C\c2ccc(C(F)(F)F)cc2)c(Cl)c1=O. The molecule has 0 saturated heterocycles. The summed E-state index contributed by atoms with van der Waals surface area (Å²) in [6.45, 7) is 0. The minimum absolute atomic E-state index is 0.0814. The number of halogens is 4. The Morgan fingerprint density at radius 2 is 1.95 bits per heavy atom. The van der Waals surface area contributed by atoms with E-state index in [4.69, 9.17) is 11.6 Å². The van der Waals surface area contributed by atoms with Crippen molar-refractivity contribution in [1.29, 1.82) is 0 Å². The average Bonchev–Trinajstić information content (AvgIpc) is 2.47. The van der Waals surface area contributed by atoms with Crippen LogP contribution in [0.1, 0.15) is 11.1 Å². The molecule has 1 heterocycles. The summed E-state index contributed by atoms with van der Waals surface area (Å²) in [5.41, 5.74) is 1.94. The van der Waals surface area contributed by atoms with Crippen molar-refractivity contribution in [3.8, 4) is 0 Å². The van der Waals surface area contributed by atoms with Crippen LogP contribution in [0.4, 0.5) is 18.9 Å². The molecule has 116 valence electrons. The molecule has 2 aromatic rings. The topological polar surface area (TPSA) is 59.3 Å². The van der Waals surface area contributed by atoms with Gasteiger partial charge in [-0.2, -0.15) is 23.4 Å². The van der Waals surface area contributed by atoms with Crippen molar-refractivity contribution in [3.63, 3.8) is 0 Å². The van der Waals surface area contributed by atoms with Crippen LogP contribution in [0.3, 0.4) is 0 Å². The second-order valence-electron chi connectivity index (χ2n) is 4.29. The summed E-state index contributed by atoms with van der Waals surface area (Å²) in [6, 6.07) is 4.46. The molecule has 22 heavy (non-hydrogen) atoms. The van der Waals surface area contributed by atoms with E-state index in [-0.39, 0.29) is 10.7 Å². The Kier molecular flexibility index (Phi) is 4.51. The number of hydrazone groups is 1. The second-order valence-corrected chi connectivity index (χ2v) is 4.67. The molecule has 0 fully saturated rings. The van der Waals surface area contributed by atoms with Gasteiger partial charge in [-0.15, -0.1) is 0 Å². The highest BCUT2D eigenvalue weighted by Crippen LogP contribution is 2.28. The maximum Gasteiger partial charge on any atom is 0.416 e. The number of aryl methyl sites for hydroxylation is 1. The van der Waals surface area contributed by atoms with Crippen LogP contribution in [0.2, 0.25) is 5.02 Å². The first-order valence-corrected chi connectivity index (χ1v) is 6.35. The van der Waals surface area contributed by atoms with Gasteiger partial charge >= 0.3 is 6.18 Å². The van der Waals surface area contributed by atoms with Crippen LogP contribution >= 0.6 is 11.6 Å². The zero-order valence-electron chi connectivity index (χ0n) is 11.2. The molecule has 1 aromatic heterocycles. The highest BCUT2D eigenvalue weighted by Gasteiger charge is 2.29. The van der Waals surface area contributed by atoms with Crippen LogP contribution in [-0.4, -0.2) is 16.0 Å². The normalized spacial score (nSPS) is 11.9. The zero-order valence-corrected chi connectivity index (χ0v) is 12.0. The number of nitrogens with one attached hydrogen (secondary N) is 1. The molecule has 5 nitrogen and oxygen atoms in total. The molecule has 2 rings (SSSR count). The number of nitrogens with zero attached hydrogens (tertiary/aromatic N) is 3. The molecule has 0 bridgehead atoms. The molecular formula is C13H10ClF3N4O. The maximum absolute atomic E-state index is 12.4. The number of aromatic nitrogens is 2. The summed E-state index contributed by atoms with van der Waals surface area (Å²) in [5, 5.41) is 7.49. The van der Waals surface area contributed by atoms with Crippen LogP contribution in [-0.2, 0) is 13.2 Å². The highest BCUT2D eigenvalue weighted by molar-refractivity contribution is 6.32. The summed E-state index contributed by atoms with van der Waals surface area (Å²) < 4.78 is 38.3. The van der Waals surface area contributed by atoms with Gasteiger partial charge in [0, 0.05) is 7.05 Å². The first-order chi connectivity index (χ1) is 10.3. The number of alkyl halides is 3. The van der Waals surface area contributed by atoms with Crippen molar-refractivity contribution in [2.24, 2.45) is 12.1 Å². The Labute approximate surface area is 128 Å². The van der Waals surface area contributed by atoms with Gasteiger partial charge in [-0.1, -0.05) is 23.7 Å². The Bertz CT molecular complexity index is 753. The second kappa shape index (κ2) is 6.18. The summed E-state index contributed by atoms with van der Waals surface area (Å²) in [7, 11) is 1.45. The van der Waals surface area contributed by atoms with Gasteiger partial charge in [0.25, 0.3) is 5.56 Å². The van der Waals surface area contributed by atoms with Crippen LogP contribution in [0.25, 0.3) is 0 Å². The molecule has 0 aliphatic rings. The fourth-order valence-corrected chi connectivity index (χ4v) is 1.74. The van der Waals surface area contributed by atoms with Crippen LogP contribution in [0.5, 0.6) is 0 Å². The van der Waals surface area contributed by atoms with Crippen molar-refractivity contribution < 1.29 is 13.2 Å². The molecule has 0 aliphatic heterocycles. The molecule has 1 N–H and O–H groups in total. The van der Waals surface area contributed by atoms with Crippen molar-refractivity contribution in [2.75, 3.05) is 5.43 Å². The van der Waals surface area contributed by atoms with Crippen molar-refractivity contribution in [2.45, 2.75) is 6.18 Å². The molecule has 0 saturated carbocycles. The maximum atomic E-state index is 12.4. The smallest absolute Gasteiger partial charge is 0.275 e. The van der Waals surface area contributed by atoms with E-state index in [9.17, 15) is 18.0 Å². The minimum Gasteiger partial charge on any atom is -0.275 e. The van der Waals surface area contributed by atoms with Gasteiger partial charge in [0.2, 0.25) is 0 Å². The lowest BCUT2D eigenvalue weighted by Crippen LogP contribution is -2.20. The molecule has 0 spiro atoms. The number of hydrogen-bond donors (Lipinski definition) is 1. The van der Waals surface area contributed by atoms with Gasteiger partial charge in [-0.3, -0.25) is 10.2 Å². The third-order valence-corrected chi connectivity index (χ3v) is 3.08. The Morgan fingerprint density at radius 1 is 1.32 bits per heavy atom. The third-order valence-electron chi connectivity index (χ3n) is 2.71. The molecule has 0 unspecified atom stereocenters. The Morgan fingerprint density at radius 3 is 2.55 bits per heavy atom. The average molecular weight is 331 g/mol. The Balaban J connectivity index is 2.10. The molecule has 0 radical (unpaired) electrons. The van der Waals surface area contributed by atoms with Gasteiger partial charge in [0.15, 0.2) is 0 Å². The Hall–Kier alpha value is -2.35. The van der Waals surface area contributed by atoms with Gasteiger partial charge < -0.3 is 0 Å². The summed E-state index contributed by atoms with van der Waals surface area (Å²) in [6.07, 6.45) is -1.76. The number of rotatable bonds is 3. The molecule has 0 amide bonds. The van der Waals surface area contributed by atoms with Gasteiger partial charge in [-0.05, 0) is 17.7 Å². The molecule has 9 heteroatoms. The quantitative estimate of drug-likeness (QED) is 0.695. The fraction of sp³-hybridized carbons (Fsp3) is 0.154. The predicted molar refractivity (Wildman–Crippen MR) is 77.1 cm³/mol. The first kappa shape index (κ1) is 16.0. The molecule has 0 atom stereocenters. The molecule has 0 aliphatic carbocycles. The van der Waals surface area contributed by atoms with Crippen molar-refractivity contribution in [1.82, 2.24) is 9.78 Å². The number of benzene rings is 1. The van der Waals surface area contributed by atoms with E-state index in [0.717, 1.165) is 16.8 Å². The molecule has 1 aromatic carbocycles. The van der Waals surface area contributed by atoms with Crippen LogP contribution in [0, 0.1) is 0 Å². The zero-order chi connectivity index (χ0) is 16.3. The van der Waals surface area contributed by atoms with E-state index in [2.05, 4.69) is 15.6 Å². The summed E-state index contributed by atoms with van der Waals surface area (Å²) in [4.78, 5) is 11.5. The van der Waals surface area contributed by atoms with Crippen molar-refractivity contribution >= 4 is 23.5 Å². The molecular weight excluding hydrogens is 321 g/mol. The van der Waals surface area contributed by atoms with Gasteiger partial charge in [0.1, 0.15) is 10.7 Å². The predicted octanol–water partition coefficient (Wildman–Crippen LogP) is 2.90. The summed E-state index contributed by atoms with van der Waals surface area (Å²) in [5.74, 6) is 0. The monoisotopic (exact) mass is 330 g/mol. The lowest BCUT2D eigenvalue weighted by Gasteiger charge is -2.06. The largest absolute Gasteiger partial charge is 0.416 e. The lowest BCUT2D eigenvalue weighted by molar-refractivity contribution is -0.137. The van der Waals surface area contributed by atoms with Crippen LogP contribution in [0.15, 0.2) is 40.4 Å². The minimum atomic E-state index is -4.38. The van der Waals surface area contributed by atoms with Gasteiger partial charge in [0.05, 0.1) is 18.0 Å². The standard InChI is InChI=1S/C13H10ClF3N4O/c1-21-12(22)11(14)10(7-19-21)20-18-6-8-2-4-9(5-3-8)13(15,16)17/h2-7,20H,1H3/b18-6-. The lowest BCUT2D eigenvalue weighted by atomic mass is 10.1. The van der Waals surface area contributed by atoms with E-state index in [1.54, 1.807) is 0 Å². The van der Waals surface area contributed by atoms with E-state index in [1.807, 2.05) is 0 Å². The van der Waals surface area contributed by atoms with Gasteiger partial charge in [-0.25, -0.2) is 4.68 Å². The van der Waals surface area contributed by atoms with Crippen LogP contribution < -0.4 is 11.0 Å². The number of anilines is 1. The van der Waals surface area contributed by atoms with Crippen molar-refractivity contribution in [3.05, 3.63) is 57.0 Å². The van der Waals surface area contributed by atoms with E-state index in [1.165, 1.54) is 31.6 Å². The van der Waals surface area contributed by atoms with E-state index >= 15 is 0 Å². The highest BCUT2D eigenvalue weighted by atomic mass is 35.5. The van der Waals surface area contributed by atoms with E-state index < -0.39 is 17.3 Å². The third kappa shape index (κ3) is 3.64.